The molecule has 0 atom stereocenters. The van der Waals surface area contributed by atoms with Gasteiger partial charge in [-0.15, -0.1) is 0 Å². The van der Waals surface area contributed by atoms with Gasteiger partial charge in [0.1, 0.15) is 6.29 Å². The van der Waals surface area contributed by atoms with E-state index in [0.717, 1.165) is 13.0 Å². The quantitative estimate of drug-likeness (QED) is 0.542. The van der Waals surface area contributed by atoms with Crippen LogP contribution in [0.4, 0.5) is 0 Å². The molecule has 1 aliphatic rings. The Kier molecular flexibility index (Phi) is 3.52. The van der Waals surface area contributed by atoms with E-state index in [4.69, 9.17) is 0 Å². The lowest BCUT2D eigenvalue weighted by atomic mass is 10.4. The van der Waals surface area contributed by atoms with Gasteiger partial charge in [0.2, 0.25) is 0 Å². The summed E-state index contributed by atoms with van der Waals surface area (Å²) in [7, 11) is 1.98. The van der Waals surface area contributed by atoms with Crippen LogP contribution < -0.4 is 0 Å². The van der Waals surface area contributed by atoms with Crippen LogP contribution in [0, 0.1) is 0 Å². The molecule has 0 amide bonds. The third-order valence-electron chi connectivity index (χ3n) is 2.03. The highest BCUT2D eigenvalue weighted by Crippen LogP contribution is 2.06. The van der Waals surface area contributed by atoms with Gasteiger partial charge in [-0.2, -0.15) is 0 Å². The molecule has 11 heavy (non-hydrogen) atoms. The van der Waals surface area contributed by atoms with E-state index in [1.807, 2.05) is 11.9 Å². The van der Waals surface area contributed by atoms with E-state index in [9.17, 15) is 4.79 Å². The van der Waals surface area contributed by atoms with E-state index in [-0.39, 0.29) is 0 Å². The van der Waals surface area contributed by atoms with Crippen LogP contribution in [0.2, 0.25) is 0 Å². The lowest BCUT2D eigenvalue weighted by Crippen LogP contribution is -2.34. The lowest BCUT2D eigenvalue weighted by Gasteiger charge is -2.21. The van der Waals surface area contributed by atoms with E-state index < -0.39 is 0 Å². The summed E-state index contributed by atoms with van der Waals surface area (Å²) in [5.41, 5.74) is 0. The number of hydrogen-bond acceptors (Lipinski definition) is 3. The molecule has 0 aromatic rings. The van der Waals surface area contributed by atoms with Crippen LogP contribution in [0.25, 0.3) is 0 Å². The van der Waals surface area contributed by atoms with Gasteiger partial charge in [-0.3, -0.25) is 9.80 Å². The summed E-state index contributed by atoms with van der Waals surface area (Å²) in [5.74, 6) is 0. The number of carbonyl (C=O) groups excluding carboxylic acids is 1. The third-order valence-corrected chi connectivity index (χ3v) is 2.03. The maximum atomic E-state index is 10.1. The van der Waals surface area contributed by atoms with Crippen molar-refractivity contribution < 1.29 is 4.79 Å². The molecule has 0 spiro atoms. The molecule has 0 radical (unpaired) electrons. The molecule has 3 nitrogen and oxygen atoms in total. The third kappa shape index (κ3) is 2.99. The fraction of sp³-hybridized carbons (Fsp3) is 0.875. The highest BCUT2D eigenvalue weighted by Gasteiger charge is 2.12. The molecule has 1 saturated heterocycles. The summed E-state index contributed by atoms with van der Waals surface area (Å²) >= 11 is 0. The monoisotopic (exact) mass is 156 g/mol. The Labute approximate surface area is 68.0 Å². The van der Waals surface area contributed by atoms with E-state index in [0.29, 0.717) is 6.54 Å². The molecule has 64 valence electrons. The largest absolute Gasteiger partial charge is 0.302 e. The summed E-state index contributed by atoms with van der Waals surface area (Å²) in [6.45, 7) is 3.89. The fourth-order valence-corrected chi connectivity index (χ4v) is 1.45. The Bertz CT molecular complexity index is 121. The van der Waals surface area contributed by atoms with Crippen molar-refractivity contribution in [3.63, 3.8) is 0 Å². The molecule has 0 saturated carbocycles. The first-order valence-electron chi connectivity index (χ1n) is 4.17. The summed E-state index contributed by atoms with van der Waals surface area (Å²) in [6.07, 6.45) is 3.58. The molecule has 0 bridgehead atoms. The zero-order valence-electron chi connectivity index (χ0n) is 7.12. The maximum absolute atomic E-state index is 10.1. The van der Waals surface area contributed by atoms with Crippen molar-refractivity contribution in [1.29, 1.82) is 0 Å². The SMILES string of the molecule is CN(CC=O)CN1CCCC1. The van der Waals surface area contributed by atoms with Gasteiger partial charge in [0.15, 0.2) is 0 Å². The highest BCUT2D eigenvalue weighted by atomic mass is 16.1. The second kappa shape index (κ2) is 4.46. The van der Waals surface area contributed by atoms with Crippen LogP contribution in [0.5, 0.6) is 0 Å². The smallest absolute Gasteiger partial charge is 0.134 e. The second-order valence-corrected chi connectivity index (χ2v) is 3.17. The Morgan fingerprint density at radius 1 is 1.45 bits per heavy atom. The minimum Gasteiger partial charge on any atom is -0.302 e. The molecular weight excluding hydrogens is 140 g/mol. The minimum atomic E-state index is 0.552. The van der Waals surface area contributed by atoms with Crippen molar-refractivity contribution in [2.24, 2.45) is 0 Å². The lowest BCUT2D eigenvalue weighted by molar-refractivity contribution is -0.108. The number of likely N-dealkylation sites (N-methyl/N-ethyl adjacent to an activating group) is 1. The van der Waals surface area contributed by atoms with Crippen LogP contribution in [-0.4, -0.2) is 49.4 Å². The first-order chi connectivity index (χ1) is 5.33. The maximum Gasteiger partial charge on any atom is 0.134 e. The Morgan fingerprint density at radius 3 is 2.64 bits per heavy atom. The molecule has 0 aromatic heterocycles. The summed E-state index contributed by atoms with van der Waals surface area (Å²) in [5, 5.41) is 0. The topological polar surface area (TPSA) is 23.6 Å². The molecule has 1 fully saturated rings. The zero-order chi connectivity index (χ0) is 8.10. The number of hydrogen-bond donors (Lipinski definition) is 0. The van der Waals surface area contributed by atoms with Gasteiger partial charge < -0.3 is 4.79 Å². The molecule has 0 aromatic carbocycles. The van der Waals surface area contributed by atoms with Crippen molar-refractivity contribution in [2.45, 2.75) is 12.8 Å². The Balaban J connectivity index is 2.12. The van der Waals surface area contributed by atoms with Crippen molar-refractivity contribution in [2.75, 3.05) is 33.4 Å². The van der Waals surface area contributed by atoms with Crippen molar-refractivity contribution in [3.8, 4) is 0 Å². The van der Waals surface area contributed by atoms with Crippen molar-refractivity contribution in [1.82, 2.24) is 9.80 Å². The predicted octanol–water partition coefficient (Wildman–Crippen LogP) is 0.170. The summed E-state index contributed by atoms with van der Waals surface area (Å²) in [6, 6.07) is 0. The van der Waals surface area contributed by atoms with Crippen LogP contribution in [-0.2, 0) is 4.79 Å². The first kappa shape index (κ1) is 8.68. The van der Waals surface area contributed by atoms with E-state index >= 15 is 0 Å². The minimum absolute atomic E-state index is 0.552. The highest BCUT2D eigenvalue weighted by molar-refractivity contribution is 5.51. The van der Waals surface area contributed by atoms with Crippen LogP contribution in [0.1, 0.15) is 12.8 Å². The molecule has 0 aliphatic carbocycles. The number of carbonyl (C=O) groups is 1. The summed E-state index contributed by atoms with van der Waals surface area (Å²) < 4.78 is 0. The van der Waals surface area contributed by atoms with E-state index in [2.05, 4.69) is 4.90 Å². The molecule has 0 N–H and O–H groups in total. The standard InChI is InChI=1S/C8H16N2O/c1-9(6-7-11)8-10-4-2-3-5-10/h7H,2-6,8H2,1H3. The normalized spacial score (nSPS) is 19.5. The van der Waals surface area contributed by atoms with Gasteiger partial charge in [-0.05, 0) is 33.0 Å². The number of rotatable bonds is 4. The first-order valence-corrected chi connectivity index (χ1v) is 4.17. The predicted molar refractivity (Wildman–Crippen MR) is 44.4 cm³/mol. The molecule has 1 heterocycles. The van der Waals surface area contributed by atoms with E-state index in [1.165, 1.54) is 25.9 Å². The fourth-order valence-electron chi connectivity index (χ4n) is 1.45. The van der Waals surface area contributed by atoms with Gasteiger partial charge in [0.25, 0.3) is 0 Å². The second-order valence-electron chi connectivity index (χ2n) is 3.17. The van der Waals surface area contributed by atoms with Crippen molar-refractivity contribution >= 4 is 6.29 Å². The molecule has 1 rings (SSSR count). The number of likely N-dealkylation sites (tertiary alicyclic amines) is 1. The van der Waals surface area contributed by atoms with Gasteiger partial charge in [0.05, 0.1) is 13.2 Å². The molecule has 3 heteroatoms. The van der Waals surface area contributed by atoms with Gasteiger partial charge >= 0.3 is 0 Å². The average molecular weight is 156 g/mol. The number of aldehydes is 1. The van der Waals surface area contributed by atoms with Gasteiger partial charge in [-0.25, -0.2) is 0 Å². The Hall–Kier alpha value is -0.410. The van der Waals surface area contributed by atoms with Crippen LogP contribution in [0.15, 0.2) is 0 Å². The summed E-state index contributed by atoms with van der Waals surface area (Å²) in [4.78, 5) is 14.5. The van der Waals surface area contributed by atoms with E-state index in [1.54, 1.807) is 0 Å². The molecule has 0 unspecified atom stereocenters. The average Bonchev–Trinajstić information content (AvgIpc) is 2.40. The zero-order valence-corrected chi connectivity index (χ0v) is 7.12. The number of nitrogens with zero attached hydrogens (tertiary/aromatic N) is 2. The van der Waals surface area contributed by atoms with Crippen LogP contribution in [0.3, 0.4) is 0 Å². The molecule has 1 aliphatic heterocycles. The molecular formula is C8H16N2O. The van der Waals surface area contributed by atoms with Crippen molar-refractivity contribution in [3.05, 3.63) is 0 Å². The van der Waals surface area contributed by atoms with Gasteiger partial charge in [0, 0.05) is 0 Å². The van der Waals surface area contributed by atoms with Gasteiger partial charge in [-0.1, -0.05) is 0 Å². The van der Waals surface area contributed by atoms with Crippen LogP contribution >= 0.6 is 0 Å². The Morgan fingerprint density at radius 2 is 2.09 bits per heavy atom.